The van der Waals surface area contributed by atoms with Gasteiger partial charge in [0.05, 0.1) is 6.20 Å². The van der Waals surface area contributed by atoms with Gasteiger partial charge in [-0.25, -0.2) is 4.79 Å². The van der Waals surface area contributed by atoms with Gasteiger partial charge in [0.2, 0.25) is 5.91 Å². The summed E-state index contributed by atoms with van der Waals surface area (Å²) >= 11 is 0. The second-order valence-corrected chi connectivity index (χ2v) is 5.61. The molecule has 0 N–H and O–H groups in total. The Kier molecular flexibility index (Phi) is 5.41. The Morgan fingerprint density at radius 3 is 2.36 bits per heavy atom. The van der Waals surface area contributed by atoms with Crippen LogP contribution >= 0.6 is 0 Å². The highest BCUT2D eigenvalue weighted by Crippen LogP contribution is 2.11. The molecule has 0 bridgehead atoms. The minimum Gasteiger partial charge on any atom is -0.409 e. The number of aromatic nitrogens is 1. The maximum atomic E-state index is 12.2. The summed E-state index contributed by atoms with van der Waals surface area (Å²) in [7, 11) is 0. The molecule has 25 heavy (non-hydrogen) atoms. The van der Waals surface area contributed by atoms with Crippen molar-refractivity contribution in [1.29, 1.82) is 0 Å². The number of amides is 2. The molecule has 6 heteroatoms. The first-order valence-electron chi connectivity index (χ1n) is 8.11. The molecule has 0 atom stereocenters. The minimum absolute atomic E-state index is 0.0517. The number of hydrogen-bond donors (Lipinski definition) is 0. The molecule has 1 aromatic heterocycles. The van der Waals surface area contributed by atoms with E-state index in [9.17, 15) is 9.59 Å². The molecule has 0 aliphatic carbocycles. The number of nitrogens with zero attached hydrogens (tertiary/aromatic N) is 3. The number of carbonyl (C=O) groups excluding carboxylic acids is 2. The molecule has 2 amide bonds. The van der Waals surface area contributed by atoms with Gasteiger partial charge in [-0.2, -0.15) is 0 Å². The molecule has 1 fully saturated rings. The number of carbonyl (C=O) groups is 2. The number of benzene rings is 1. The standard InChI is InChI=1S/C19H19N3O3/c23-18(9-8-16-5-2-1-3-6-16)21-11-13-22(14-12-21)19(24)25-17-7-4-10-20-15-17/h1-10,15H,11-14H2/b9-8+. The van der Waals surface area contributed by atoms with E-state index in [0.717, 1.165) is 5.56 Å². The van der Waals surface area contributed by atoms with E-state index in [2.05, 4.69) is 4.98 Å². The van der Waals surface area contributed by atoms with Crippen LogP contribution in [0.25, 0.3) is 6.08 Å². The molecule has 2 heterocycles. The molecule has 2 aromatic rings. The van der Waals surface area contributed by atoms with Gasteiger partial charge in [0.15, 0.2) is 5.75 Å². The molecule has 0 saturated carbocycles. The zero-order valence-corrected chi connectivity index (χ0v) is 13.7. The smallest absolute Gasteiger partial charge is 0.409 e. The molecule has 128 valence electrons. The fourth-order valence-corrected chi connectivity index (χ4v) is 2.52. The van der Waals surface area contributed by atoms with E-state index in [1.54, 1.807) is 40.3 Å². The molecule has 3 rings (SSSR count). The van der Waals surface area contributed by atoms with Gasteiger partial charge in [-0.05, 0) is 23.8 Å². The molecule has 1 aliphatic heterocycles. The van der Waals surface area contributed by atoms with Crippen molar-refractivity contribution in [3.8, 4) is 5.75 Å². The first-order valence-corrected chi connectivity index (χ1v) is 8.11. The molecule has 0 radical (unpaired) electrons. The molecule has 1 saturated heterocycles. The second kappa shape index (κ2) is 8.10. The van der Waals surface area contributed by atoms with Gasteiger partial charge in [0.1, 0.15) is 0 Å². The number of hydrogen-bond acceptors (Lipinski definition) is 4. The largest absolute Gasteiger partial charge is 0.415 e. The fourth-order valence-electron chi connectivity index (χ4n) is 2.52. The number of ether oxygens (including phenoxy) is 1. The summed E-state index contributed by atoms with van der Waals surface area (Å²) in [5.74, 6) is 0.362. The van der Waals surface area contributed by atoms with Gasteiger partial charge < -0.3 is 14.5 Å². The van der Waals surface area contributed by atoms with Crippen molar-refractivity contribution < 1.29 is 14.3 Å². The quantitative estimate of drug-likeness (QED) is 0.807. The van der Waals surface area contributed by atoms with Crippen molar-refractivity contribution in [1.82, 2.24) is 14.8 Å². The van der Waals surface area contributed by atoms with Crippen LogP contribution in [0.4, 0.5) is 4.79 Å². The van der Waals surface area contributed by atoms with Crippen LogP contribution < -0.4 is 4.74 Å². The Balaban J connectivity index is 1.49. The lowest BCUT2D eigenvalue weighted by Crippen LogP contribution is -2.51. The highest BCUT2D eigenvalue weighted by atomic mass is 16.6. The van der Waals surface area contributed by atoms with E-state index in [-0.39, 0.29) is 5.91 Å². The summed E-state index contributed by atoms with van der Waals surface area (Å²) in [6.07, 6.45) is 6.06. The molecular formula is C19H19N3O3. The Labute approximate surface area is 146 Å². The van der Waals surface area contributed by atoms with Crippen LogP contribution in [0.3, 0.4) is 0 Å². The Bertz CT molecular complexity index is 739. The summed E-state index contributed by atoms with van der Waals surface area (Å²) in [4.78, 5) is 31.6. The topological polar surface area (TPSA) is 62.7 Å². The fraction of sp³-hybridized carbons (Fsp3) is 0.211. The van der Waals surface area contributed by atoms with Gasteiger partial charge in [-0.1, -0.05) is 30.3 Å². The van der Waals surface area contributed by atoms with Crippen LogP contribution in [0.1, 0.15) is 5.56 Å². The van der Waals surface area contributed by atoms with E-state index in [0.29, 0.717) is 31.9 Å². The molecule has 6 nitrogen and oxygen atoms in total. The summed E-state index contributed by atoms with van der Waals surface area (Å²) in [5.41, 5.74) is 0.981. The van der Waals surface area contributed by atoms with Crippen LogP contribution in [-0.4, -0.2) is 53.0 Å². The van der Waals surface area contributed by atoms with Crippen molar-refractivity contribution in [2.75, 3.05) is 26.2 Å². The lowest BCUT2D eigenvalue weighted by molar-refractivity contribution is -0.127. The normalized spacial score (nSPS) is 14.6. The summed E-state index contributed by atoms with van der Waals surface area (Å²) in [5, 5.41) is 0. The van der Waals surface area contributed by atoms with E-state index in [4.69, 9.17) is 4.74 Å². The highest BCUT2D eigenvalue weighted by molar-refractivity contribution is 5.92. The van der Waals surface area contributed by atoms with Crippen molar-refractivity contribution in [2.45, 2.75) is 0 Å². The lowest BCUT2D eigenvalue weighted by Gasteiger charge is -2.33. The van der Waals surface area contributed by atoms with Gasteiger partial charge in [0, 0.05) is 38.5 Å². The molecule has 0 unspecified atom stereocenters. The number of pyridine rings is 1. The van der Waals surface area contributed by atoms with Crippen molar-refractivity contribution in [2.24, 2.45) is 0 Å². The van der Waals surface area contributed by atoms with Crippen LogP contribution in [-0.2, 0) is 4.79 Å². The predicted octanol–water partition coefficient (Wildman–Crippen LogP) is 2.44. The van der Waals surface area contributed by atoms with Crippen molar-refractivity contribution in [3.63, 3.8) is 0 Å². The lowest BCUT2D eigenvalue weighted by atomic mass is 10.2. The molecular weight excluding hydrogens is 318 g/mol. The zero-order chi connectivity index (χ0) is 17.5. The average Bonchev–Trinajstić information content (AvgIpc) is 2.68. The van der Waals surface area contributed by atoms with E-state index in [1.807, 2.05) is 30.3 Å². The molecule has 0 spiro atoms. The number of piperazine rings is 1. The monoisotopic (exact) mass is 337 g/mol. The molecule has 1 aliphatic rings. The van der Waals surface area contributed by atoms with E-state index in [1.165, 1.54) is 6.20 Å². The third-order valence-corrected chi connectivity index (χ3v) is 3.91. The Hall–Kier alpha value is -3.15. The molecule has 1 aromatic carbocycles. The Morgan fingerprint density at radius 2 is 1.68 bits per heavy atom. The second-order valence-electron chi connectivity index (χ2n) is 5.61. The number of rotatable bonds is 3. The van der Waals surface area contributed by atoms with Crippen LogP contribution in [0.2, 0.25) is 0 Å². The predicted molar refractivity (Wildman–Crippen MR) is 93.9 cm³/mol. The Morgan fingerprint density at radius 1 is 0.960 bits per heavy atom. The van der Waals surface area contributed by atoms with E-state index < -0.39 is 6.09 Å². The van der Waals surface area contributed by atoms with Crippen LogP contribution in [0, 0.1) is 0 Å². The zero-order valence-electron chi connectivity index (χ0n) is 13.7. The summed E-state index contributed by atoms with van der Waals surface area (Å²) in [6.45, 7) is 1.87. The van der Waals surface area contributed by atoms with E-state index >= 15 is 0 Å². The SMILES string of the molecule is O=C(/C=C/c1ccccc1)N1CCN(C(=O)Oc2cccnc2)CC1. The maximum Gasteiger partial charge on any atom is 0.415 e. The van der Waals surface area contributed by atoms with Crippen LogP contribution in [0.15, 0.2) is 60.9 Å². The first kappa shape index (κ1) is 16.7. The summed E-state index contributed by atoms with van der Waals surface area (Å²) < 4.78 is 5.26. The van der Waals surface area contributed by atoms with Crippen molar-refractivity contribution in [3.05, 3.63) is 66.5 Å². The third kappa shape index (κ3) is 4.67. The van der Waals surface area contributed by atoms with Crippen molar-refractivity contribution >= 4 is 18.1 Å². The van der Waals surface area contributed by atoms with Gasteiger partial charge >= 0.3 is 6.09 Å². The van der Waals surface area contributed by atoms with Crippen LogP contribution in [0.5, 0.6) is 5.75 Å². The minimum atomic E-state index is -0.417. The van der Waals surface area contributed by atoms with Gasteiger partial charge in [-0.15, -0.1) is 0 Å². The maximum absolute atomic E-state index is 12.2. The summed E-state index contributed by atoms with van der Waals surface area (Å²) in [6, 6.07) is 13.1. The van der Waals surface area contributed by atoms with Gasteiger partial charge in [-0.3, -0.25) is 9.78 Å². The first-order chi connectivity index (χ1) is 12.2. The van der Waals surface area contributed by atoms with Gasteiger partial charge in [0.25, 0.3) is 0 Å². The highest BCUT2D eigenvalue weighted by Gasteiger charge is 2.24. The average molecular weight is 337 g/mol. The third-order valence-electron chi connectivity index (χ3n) is 3.91.